The largest absolute Gasteiger partial charge is 0.481 e. The number of hydrogen-bond acceptors (Lipinski definition) is 5. The number of nitrogens with one attached hydrogen (secondary N) is 1. The lowest BCUT2D eigenvalue weighted by atomic mass is 10.2. The molecule has 1 aliphatic rings. The average Bonchev–Trinajstić information content (AvgIpc) is 2.63. The summed E-state index contributed by atoms with van der Waals surface area (Å²) in [6, 6.07) is 11.9. The Labute approximate surface area is 154 Å². The summed E-state index contributed by atoms with van der Waals surface area (Å²) in [4.78, 5) is 21.0. The van der Waals surface area contributed by atoms with Gasteiger partial charge in [0.25, 0.3) is 0 Å². The number of carbonyl (C=O) groups is 1. The number of piperazine rings is 1. The summed E-state index contributed by atoms with van der Waals surface area (Å²) in [7, 11) is 1.63. The summed E-state index contributed by atoms with van der Waals surface area (Å²) >= 11 is 0. The molecule has 6 nitrogen and oxygen atoms in total. The van der Waals surface area contributed by atoms with E-state index in [1.54, 1.807) is 13.3 Å². The van der Waals surface area contributed by atoms with E-state index < -0.39 is 0 Å². The highest BCUT2D eigenvalue weighted by Gasteiger charge is 2.19. The van der Waals surface area contributed by atoms with Crippen molar-refractivity contribution in [3.63, 3.8) is 0 Å². The zero-order valence-electron chi connectivity index (χ0n) is 15.4. The second-order valence-electron chi connectivity index (χ2n) is 6.68. The summed E-state index contributed by atoms with van der Waals surface area (Å²) in [6.07, 6.45) is 1.78. The predicted octanol–water partition coefficient (Wildman–Crippen LogP) is 2.15. The quantitative estimate of drug-likeness (QED) is 0.861. The molecule has 1 fully saturated rings. The van der Waals surface area contributed by atoms with Crippen molar-refractivity contribution >= 4 is 11.6 Å². The molecule has 0 aliphatic carbocycles. The van der Waals surface area contributed by atoms with Crippen molar-refractivity contribution < 1.29 is 9.53 Å². The van der Waals surface area contributed by atoms with Crippen LogP contribution in [0.25, 0.3) is 0 Å². The number of methoxy groups -OCH3 is 1. The van der Waals surface area contributed by atoms with Gasteiger partial charge in [-0.2, -0.15) is 0 Å². The van der Waals surface area contributed by atoms with Crippen LogP contribution < -0.4 is 10.1 Å². The number of pyridine rings is 1. The average molecular weight is 354 g/mol. The lowest BCUT2D eigenvalue weighted by Crippen LogP contribution is -2.48. The maximum absolute atomic E-state index is 12.2. The highest BCUT2D eigenvalue weighted by molar-refractivity contribution is 5.92. The van der Waals surface area contributed by atoms with Crippen LogP contribution in [0.5, 0.6) is 5.88 Å². The number of anilines is 1. The molecule has 0 saturated carbocycles. The normalized spacial score (nSPS) is 15.6. The zero-order valence-corrected chi connectivity index (χ0v) is 15.4. The Kier molecular flexibility index (Phi) is 6.20. The Morgan fingerprint density at radius 3 is 2.65 bits per heavy atom. The summed E-state index contributed by atoms with van der Waals surface area (Å²) < 4.78 is 5.18. The van der Waals surface area contributed by atoms with Gasteiger partial charge in [-0.25, -0.2) is 4.98 Å². The van der Waals surface area contributed by atoms with E-state index in [0.717, 1.165) is 44.0 Å². The summed E-state index contributed by atoms with van der Waals surface area (Å²) in [5, 5.41) is 2.98. The molecule has 0 atom stereocenters. The third-order valence-electron chi connectivity index (χ3n) is 4.55. The SMILES string of the molecule is COc1cc(CN2CCN(CC(=O)Nc3cccc(C)c3)CC2)ccn1. The van der Waals surface area contributed by atoms with E-state index in [1.807, 2.05) is 43.3 Å². The van der Waals surface area contributed by atoms with Gasteiger partial charge in [-0.15, -0.1) is 0 Å². The molecule has 0 bridgehead atoms. The number of hydrogen-bond donors (Lipinski definition) is 1. The molecule has 2 aromatic rings. The van der Waals surface area contributed by atoms with E-state index in [9.17, 15) is 4.79 Å². The van der Waals surface area contributed by atoms with E-state index in [1.165, 1.54) is 5.56 Å². The van der Waals surface area contributed by atoms with Crippen LogP contribution in [-0.4, -0.2) is 60.5 Å². The lowest BCUT2D eigenvalue weighted by Gasteiger charge is -2.34. The van der Waals surface area contributed by atoms with Gasteiger partial charge < -0.3 is 10.1 Å². The van der Waals surface area contributed by atoms with E-state index >= 15 is 0 Å². The van der Waals surface area contributed by atoms with E-state index in [2.05, 4.69) is 20.1 Å². The van der Waals surface area contributed by atoms with Crippen LogP contribution in [0.3, 0.4) is 0 Å². The molecule has 2 heterocycles. The molecule has 1 N–H and O–H groups in total. The fraction of sp³-hybridized carbons (Fsp3) is 0.400. The molecule has 0 unspecified atom stereocenters. The standard InChI is InChI=1S/C20H26N4O2/c1-16-4-3-5-18(12-16)22-19(25)15-24-10-8-23(9-11-24)14-17-6-7-21-20(13-17)26-2/h3-7,12-13H,8-11,14-15H2,1-2H3,(H,22,25). The number of carbonyl (C=O) groups excluding carboxylic acids is 1. The van der Waals surface area contributed by atoms with Crippen molar-refractivity contribution in [2.75, 3.05) is 45.2 Å². The van der Waals surface area contributed by atoms with Crippen LogP contribution in [0.4, 0.5) is 5.69 Å². The van der Waals surface area contributed by atoms with Crippen LogP contribution in [0.2, 0.25) is 0 Å². The smallest absolute Gasteiger partial charge is 0.238 e. The first-order chi connectivity index (χ1) is 12.6. The molecule has 1 aromatic heterocycles. The van der Waals surface area contributed by atoms with Crippen molar-refractivity contribution in [2.45, 2.75) is 13.5 Å². The first-order valence-corrected chi connectivity index (χ1v) is 8.92. The second kappa shape index (κ2) is 8.78. The van der Waals surface area contributed by atoms with Gasteiger partial charge in [-0.05, 0) is 36.2 Å². The predicted molar refractivity (Wildman–Crippen MR) is 102 cm³/mol. The molecular weight excluding hydrogens is 328 g/mol. The van der Waals surface area contributed by atoms with Gasteiger partial charge in [0.15, 0.2) is 0 Å². The number of benzene rings is 1. The second-order valence-corrected chi connectivity index (χ2v) is 6.68. The molecule has 26 heavy (non-hydrogen) atoms. The zero-order chi connectivity index (χ0) is 18.4. The summed E-state index contributed by atoms with van der Waals surface area (Å²) in [5.41, 5.74) is 3.20. The van der Waals surface area contributed by atoms with Gasteiger partial charge in [0.05, 0.1) is 13.7 Å². The minimum absolute atomic E-state index is 0.0444. The van der Waals surface area contributed by atoms with Crippen molar-refractivity contribution in [2.24, 2.45) is 0 Å². The molecule has 0 radical (unpaired) electrons. The molecule has 0 spiro atoms. The van der Waals surface area contributed by atoms with Gasteiger partial charge in [-0.1, -0.05) is 12.1 Å². The molecular formula is C20H26N4O2. The molecule has 1 amide bonds. The van der Waals surface area contributed by atoms with E-state index in [-0.39, 0.29) is 5.91 Å². The highest BCUT2D eigenvalue weighted by Crippen LogP contribution is 2.13. The van der Waals surface area contributed by atoms with Crippen LogP contribution in [0.15, 0.2) is 42.6 Å². The minimum atomic E-state index is 0.0444. The monoisotopic (exact) mass is 354 g/mol. The number of aromatic nitrogens is 1. The Morgan fingerprint density at radius 1 is 1.15 bits per heavy atom. The van der Waals surface area contributed by atoms with Crippen molar-refractivity contribution in [3.8, 4) is 5.88 Å². The number of rotatable bonds is 6. The molecule has 138 valence electrons. The van der Waals surface area contributed by atoms with Gasteiger partial charge in [0.2, 0.25) is 11.8 Å². The third kappa shape index (κ3) is 5.28. The third-order valence-corrected chi connectivity index (χ3v) is 4.55. The van der Waals surface area contributed by atoms with Crippen LogP contribution >= 0.6 is 0 Å². The number of nitrogens with zero attached hydrogens (tertiary/aromatic N) is 3. The van der Waals surface area contributed by atoms with Crippen molar-refractivity contribution in [3.05, 3.63) is 53.7 Å². The van der Waals surface area contributed by atoms with Gasteiger partial charge >= 0.3 is 0 Å². The van der Waals surface area contributed by atoms with Crippen LogP contribution in [-0.2, 0) is 11.3 Å². The maximum atomic E-state index is 12.2. The lowest BCUT2D eigenvalue weighted by molar-refractivity contribution is -0.117. The minimum Gasteiger partial charge on any atom is -0.481 e. The van der Waals surface area contributed by atoms with Crippen LogP contribution in [0.1, 0.15) is 11.1 Å². The fourth-order valence-electron chi connectivity index (χ4n) is 3.15. The molecule has 3 rings (SSSR count). The molecule has 1 aromatic carbocycles. The van der Waals surface area contributed by atoms with Gasteiger partial charge in [0.1, 0.15) is 0 Å². The Hall–Kier alpha value is -2.44. The van der Waals surface area contributed by atoms with E-state index in [0.29, 0.717) is 12.4 Å². The first-order valence-electron chi connectivity index (χ1n) is 8.92. The molecule has 1 saturated heterocycles. The maximum Gasteiger partial charge on any atom is 0.238 e. The van der Waals surface area contributed by atoms with Crippen molar-refractivity contribution in [1.82, 2.24) is 14.8 Å². The summed E-state index contributed by atoms with van der Waals surface area (Å²) in [5.74, 6) is 0.692. The van der Waals surface area contributed by atoms with Crippen LogP contribution in [0, 0.1) is 6.92 Å². The number of aryl methyl sites for hydroxylation is 1. The topological polar surface area (TPSA) is 57.7 Å². The number of amides is 1. The van der Waals surface area contributed by atoms with Crippen molar-refractivity contribution in [1.29, 1.82) is 0 Å². The Balaban J connectivity index is 1.44. The molecule has 6 heteroatoms. The van der Waals surface area contributed by atoms with Gasteiger partial charge in [-0.3, -0.25) is 14.6 Å². The Bertz CT molecular complexity index is 742. The fourth-order valence-corrected chi connectivity index (χ4v) is 3.15. The van der Waals surface area contributed by atoms with Gasteiger partial charge in [0, 0.05) is 50.7 Å². The Morgan fingerprint density at radius 2 is 1.92 bits per heavy atom. The molecule has 1 aliphatic heterocycles. The summed E-state index contributed by atoms with van der Waals surface area (Å²) in [6.45, 7) is 7.01. The first kappa shape index (κ1) is 18.4. The number of ether oxygens (including phenoxy) is 1. The van der Waals surface area contributed by atoms with E-state index in [4.69, 9.17) is 4.74 Å². The highest BCUT2D eigenvalue weighted by atomic mass is 16.5.